The third kappa shape index (κ3) is 4.79. The fourth-order valence-corrected chi connectivity index (χ4v) is 4.61. The molecular weight excluding hydrogens is 386 g/mol. The Morgan fingerprint density at radius 3 is 2.55 bits per heavy atom. The molecule has 0 bridgehead atoms. The number of nitrogens with zero attached hydrogens (tertiary/aromatic N) is 1. The van der Waals surface area contributed by atoms with Gasteiger partial charge >= 0.3 is 6.03 Å². The van der Waals surface area contributed by atoms with E-state index in [9.17, 15) is 14.7 Å². The van der Waals surface area contributed by atoms with Crippen LogP contribution in [-0.4, -0.2) is 41.6 Å². The Kier molecular flexibility index (Phi) is 6.59. The summed E-state index contributed by atoms with van der Waals surface area (Å²) < 4.78 is 0. The standard InChI is InChI=1S/C22H29N3O3S/c1-15-8-6-9-16(18(15)20(27)25-11-4-5-12-25)23-21(28)24-19(22(2,3)14-26)17-10-7-13-29-17/h6-10,13,19,26H,4-5,11-12,14H2,1-3H3,(H2,23,24,28)/t19-/m1/s1. The average Bonchev–Trinajstić information content (AvgIpc) is 3.39. The SMILES string of the molecule is Cc1cccc(NC(=O)N[C@H](c2cccs2)C(C)(C)CO)c1C(=O)N1CCCC1. The first-order valence-electron chi connectivity index (χ1n) is 9.94. The maximum atomic E-state index is 13.0. The summed E-state index contributed by atoms with van der Waals surface area (Å²) in [5.41, 5.74) is 1.35. The first kappa shape index (κ1) is 21.3. The van der Waals surface area contributed by atoms with Crippen LogP contribution in [0.4, 0.5) is 10.5 Å². The monoisotopic (exact) mass is 415 g/mol. The maximum absolute atomic E-state index is 13.0. The molecule has 0 spiro atoms. The molecule has 1 aliphatic rings. The Labute approximate surface area is 175 Å². The van der Waals surface area contributed by atoms with E-state index < -0.39 is 11.4 Å². The number of rotatable bonds is 6. The number of carbonyl (C=O) groups excluding carboxylic acids is 2. The second-order valence-corrected chi connectivity index (χ2v) is 9.17. The van der Waals surface area contributed by atoms with Crippen molar-refractivity contribution in [2.75, 3.05) is 25.0 Å². The number of aliphatic hydroxyl groups is 1. The van der Waals surface area contributed by atoms with Gasteiger partial charge in [-0.25, -0.2) is 4.79 Å². The molecule has 1 aromatic heterocycles. The Morgan fingerprint density at radius 1 is 1.21 bits per heavy atom. The largest absolute Gasteiger partial charge is 0.396 e. The van der Waals surface area contributed by atoms with Gasteiger partial charge in [-0.2, -0.15) is 0 Å². The van der Waals surface area contributed by atoms with E-state index >= 15 is 0 Å². The highest BCUT2D eigenvalue weighted by Gasteiger charge is 2.33. The van der Waals surface area contributed by atoms with Gasteiger partial charge in [0.25, 0.3) is 5.91 Å². The molecule has 1 fully saturated rings. The number of urea groups is 1. The fraction of sp³-hybridized carbons (Fsp3) is 0.455. The van der Waals surface area contributed by atoms with Crippen LogP contribution in [0.3, 0.4) is 0 Å². The quantitative estimate of drug-likeness (QED) is 0.662. The third-order valence-corrected chi connectivity index (χ3v) is 6.36. The van der Waals surface area contributed by atoms with Crippen molar-refractivity contribution in [1.82, 2.24) is 10.2 Å². The van der Waals surface area contributed by atoms with Crippen molar-refractivity contribution in [3.8, 4) is 0 Å². The van der Waals surface area contributed by atoms with E-state index in [1.165, 1.54) is 11.3 Å². The van der Waals surface area contributed by atoms with Crippen molar-refractivity contribution in [3.05, 3.63) is 51.7 Å². The first-order chi connectivity index (χ1) is 13.8. The van der Waals surface area contributed by atoms with Crippen LogP contribution in [0, 0.1) is 12.3 Å². The Balaban J connectivity index is 1.81. The smallest absolute Gasteiger partial charge is 0.319 e. The number of likely N-dealkylation sites (tertiary alicyclic amines) is 1. The molecule has 0 aliphatic carbocycles. The molecule has 156 valence electrons. The fourth-order valence-electron chi connectivity index (χ4n) is 3.62. The topological polar surface area (TPSA) is 81.7 Å². The van der Waals surface area contributed by atoms with E-state index in [1.54, 1.807) is 6.07 Å². The number of nitrogens with one attached hydrogen (secondary N) is 2. The Bertz CT molecular complexity index is 858. The minimum atomic E-state index is -0.539. The number of hydrogen-bond acceptors (Lipinski definition) is 4. The van der Waals surface area contributed by atoms with Crippen molar-refractivity contribution in [3.63, 3.8) is 0 Å². The van der Waals surface area contributed by atoms with Gasteiger partial charge in [-0.3, -0.25) is 4.79 Å². The second-order valence-electron chi connectivity index (χ2n) is 8.19. The molecule has 3 N–H and O–H groups in total. The van der Waals surface area contributed by atoms with Crippen molar-refractivity contribution in [2.45, 2.75) is 39.7 Å². The number of thiophene rings is 1. The van der Waals surface area contributed by atoms with Crippen LogP contribution in [0.15, 0.2) is 35.7 Å². The van der Waals surface area contributed by atoms with Crippen molar-refractivity contribution >= 4 is 29.0 Å². The Hall–Kier alpha value is -2.38. The number of benzene rings is 1. The molecule has 0 unspecified atom stereocenters. The highest BCUT2D eigenvalue weighted by Crippen LogP contribution is 2.35. The second kappa shape index (κ2) is 8.97. The lowest BCUT2D eigenvalue weighted by molar-refractivity contribution is 0.0793. The van der Waals surface area contributed by atoms with E-state index in [4.69, 9.17) is 0 Å². The molecule has 6 nitrogen and oxygen atoms in total. The zero-order chi connectivity index (χ0) is 21.0. The number of amides is 3. The number of hydrogen-bond donors (Lipinski definition) is 3. The highest BCUT2D eigenvalue weighted by molar-refractivity contribution is 7.10. The van der Waals surface area contributed by atoms with Crippen molar-refractivity contribution in [1.29, 1.82) is 0 Å². The Morgan fingerprint density at radius 2 is 1.93 bits per heavy atom. The molecule has 3 rings (SSSR count). The zero-order valence-corrected chi connectivity index (χ0v) is 18.0. The van der Waals surface area contributed by atoms with Gasteiger partial charge in [0.1, 0.15) is 0 Å². The number of aryl methyl sites for hydroxylation is 1. The molecular formula is C22H29N3O3S. The molecule has 7 heteroatoms. The molecule has 1 aliphatic heterocycles. The van der Waals surface area contributed by atoms with Crippen LogP contribution in [0.2, 0.25) is 0 Å². The van der Waals surface area contributed by atoms with Crippen LogP contribution in [0.25, 0.3) is 0 Å². The lowest BCUT2D eigenvalue weighted by Gasteiger charge is -2.32. The van der Waals surface area contributed by atoms with E-state index in [1.807, 2.05) is 55.3 Å². The summed E-state index contributed by atoms with van der Waals surface area (Å²) in [5.74, 6) is -0.0404. The first-order valence-corrected chi connectivity index (χ1v) is 10.8. The predicted molar refractivity (Wildman–Crippen MR) is 116 cm³/mol. The lowest BCUT2D eigenvalue weighted by atomic mass is 9.84. The zero-order valence-electron chi connectivity index (χ0n) is 17.2. The normalized spacial score (nSPS) is 15.2. The van der Waals surface area contributed by atoms with Crippen LogP contribution in [0.1, 0.15) is 53.5 Å². The maximum Gasteiger partial charge on any atom is 0.319 e. The van der Waals surface area contributed by atoms with Crippen molar-refractivity contribution < 1.29 is 14.7 Å². The number of aliphatic hydroxyl groups excluding tert-OH is 1. The summed E-state index contributed by atoms with van der Waals surface area (Å²) in [6, 6.07) is 8.60. The van der Waals surface area contributed by atoms with Crippen LogP contribution < -0.4 is 10.6 Å². The van der Waals surface area contributed by atoms with Gasteiger partial charge in [-0.15, -0.1) is 11.3 Å². The van der Waals surface area contributed by atoms with Gasteiger partial charge in [0, 0.05) is 23.4 Å². The molecule has 0 saturated carbocycles. The minimum absolute atomic E-state index is 0.0404. The van der Waals surface area contributed by atoms with E-state index in [-0.39, 0.29) is 18.6 Å². The van der Waals surface area contributed by atoms with Gasteiger partial charge in [-0.05, 0) is 42.8 Å². The van der Waals surface area contributed by atoms with Crippen LogP contribution in [0.5, 0.6) is 0 Å². The summed E-state index contributed by atoms with van der Waals surface area (Å²) in [6.07, 6.45) is 2.03. The van der Waals surface area contributed by atoms with E-state index in [0.717, 1.165) is 36.4 Å². The minimum Gasteiger partial charge on any atom is -0.396 e. The summed E-state index contributed by atoms with van der Waals surface area (Å²) >= 11 is 1.53. The lowest BCUT2D eigenvalue weighted by Crippen LogP contribution is -2.41. The van der Waals surface area contributed by atoms with E-state index in [0.29, 0.717) is 11.3 Å². The molecule has 3 amide bonds. The highest BCUT2D eigenvalue weighted by atomic mass is 32.1. The van der Waals surface area contributed by atoms with Crippen LogP contribution in [-0.2, 0) is 0 Å². The van der Waals surface area contributed by atoms with Crippen LogP contribution >= 0.6 is 11.3 Å². The molecule has 0 radical (unpaired) electrons. The van der Waals surface area contributed by atoms with Gasteiger partial charge in [0.15, 0.2) is 0 Å². The van der Waals surface area contributed by atoms with Gasteiger partial charge in [-0.1, -0.05) is 32.0 Å². The number of anilines is 1. The number of carbonyl (C=O) groups is 2. The summed E-state index contributed by atoms with van der Waals surface area (Å²) in [7, 11) is 0. The molecule has 29 heavy (non-hydrogen) atoms. The summed E-state index contributed by atoms with van der Waals surface area (Å²) in [5, 5.41) is 17.6. The molecule has 1 atom stereocenters. The molecule has 2 aromatic rings. The summed E-state index contributed by atoms with van der Waals surface area (Å²) in [4.78, 5) is 28.7. The van der Waals surface area contributed by atoms with E-state index in [2.05, 4.69) is 10.6 Å². The third-order valence-electron chi connectivity index (χ3n) is 5.42. The summed E-state index contributed by atoms with van der Waals surface area (Å²) in [6.45, 7) is 7.14. The molecule has 1 saturated heterocycles. The predicted octanol–water partition coefficient (Wildman–Crippen LogP) is 4.17. The van der Waals surface area contributed by atoms with Crippen molar-refractivity contribution in [2.24, 2.45) is 5.41 Å². The molecule has 2 heterocycles. The van der Waals surface area contributed by atoms with Gasteiger partial charge < -0.3 is 20.6 Å². The average molecular weight is 416 g/mol. The van der Waals surface area contributed by atoms with Gasteiger partial charge in [0.05, 0.1) is 23.9 Å². The van der Waals surface area contributed by atoms with Gasteiger partial charge in [0.2, 0.25) is 0 Å². The molecule has 1 aromatic carbocycles.